The van der Waals surface area contributed by atoms with Crippen LogP contribution >= 0.6 is 27.5 Å². The normalized spacial score (nSPS) is 19.7. The number of benzene rings is 2. The molecule has 0 radical (unpaired) electrons. The fourth-order valence-corrected chi connectivity index (χ4v) is 6.07. The Hall–Kier alpha value is -4.09. The van der Waals surface area contributed by atoms with Gasteiger partial charge in [0.25, 0.3) is 35.1 Å². The number of carbonyl (C=O) groups excluding carboxylic acids is 5. The molecule has 1 N–H and O–H groups in total. The molecule has 6 rings (SSSR count). The van der Waals surface area contributed by atoms with Crippen molar-refractivity contribution in [2.45, 2.75) is 12.1 Å². The van der Waals surface area contributed by atoms with Gasteiger partial charge in [-0.05, 0) is 46.3 Å². The zero-order valence-corrected chi connectivity index (χ0v) is 21.7. The molecule has 38 heavy (non-hydrogen) atoms. The van der Waals surface area contributed by atoms with Crippen molar-refractivity contribution < 1.29 is 24.0 Å². The standard InChI is InChI=1S/C26H16BrClN4O6/c27-17-11-18(28)19-20(33)29-26(32(19)25(17)38,12-31-23(36)15-7-3-4-8-16(15)24(31)37)9-10-30-21(34)13-5-1-2-6-14(13)22(30)35/h1-8,11H,9-10,12H2,(H,29,33). The molecule has 1 aromatic heterocycles. The van der Waals surface area contributed by atoms with Crippen LogP contribution in [0.3, 0.4) is 0 Å². The highest BCUT2D eigenvalue weighted by atomic mass is 79.9. The summed E-state index contributed by atoms with van der Waals surface area (Å²) in [6.07, 6.45) is -0.183. The van der Waals surface area contributed by atoms with Crippen molar-refractivity contribution in [3.63, 3.8) is 0 Å². The fourth-order valence-electron chi connectivity index (χ4n) is 5.25. The number of rotatable bonds is 5. The zero-order chi connectivity index (χ0) is 26.9. The number of aromatic nitrogens is 1. The molecule has 12 heteroatoms. The lowest BCUT2D eigenvalue weighted by molar-refractivity contribution is 0.0480. The summed E-state index contributed by atoms with van der Waals surface area (Å²) in [6.45, 7) is -0.653. The highest BCUT2D eigenvalue weighted by molar-refractivity contribution is 9.10. The van der Waals surface area contributed by atoms with Crippen LogP contribution in [0.1, 0.15) is 58.3 Å². The SMILES string of the molecule is O=C1NC(CCN2C(=O)c3ccccc3C2=O)(CN2C(=O)c3ccccc3C2=O)n2c1c(Cl)cc(Br)c2=O. The first-order valence-corrected chi connectivity index (χ1v) is 12.7. The molecule has 0 aliphatic carbocycles. The second-order valence-corrected chi connectivity index (χ2v) is 10.4. The van der Waals surface area contributed by atoms with Crippen molar-refractivity contribution in [1.29, 1.82) is 0 Å². The van der Waals surface area contributed by atoms with Crippen molar-refractivity contribution in [1.82, 2.24) is 19.7 Å². The predicted octanol–water partition coefficient (Wildman–Crippen LogP) is 2.64. The van der Waals surface area contributed by atoms with E-state index in [1.54, 1.807) is 24.3 Å². The third-order valence-corrected chi connectivity index (χ3v) is 7.88. The Balaban J connectivity index is 1.43. The Labute approximate surface area is 227 Å². The molecule has 2 aromatic carbocycles. The average molecular weight is 596 g/mol. The maximum Gasteiger partial charge on any atom is 0.271 e. The molecule has 1 atom stereocenters. The van der Waals surface area contributed by atoms with Gasteiger partial charge in [-0.2, -0.15) is 0 Å². The number of nitrogens with one attached hydrogen (secondary N) is 1. The number of amides is 5. The average Bonchev–Trinajstić information content (AvgIpc) is 3.43. The van der Waals surface area contributed by atoms with Crippen molar-refractivity contribution in [2.75, 3.05) is 13.1 Å². The lowest BCUT2D eigenvalue weighted by Gasteiger charge is -2.35. The number of hydrogen-bond acceptors (Lipinski definition) is 6. The van der Waals surface area contributed by atoms with Crippen LogP contribution in [0.2, 0.25) is 5.02 Å². The van der Waals surface area contributed by atoms with Gasteiger partial charge in [-0.15, -0.1) is 0 Å². The topological polar surface area (TPSA) is 126 Å². The van der Waals surface area contributed by atoms with E-state index in [-0.39, 0.29) is 50.4 Å². The largest absolute Gasteiger partial charge is 0.326 e. The van der Waals surface area contributed by atoms with E-state index in [1.807, 2.05) is 0 Å². The molecule has 190 valence electrons. The predicted molar refractivity (Wildman–Crippen MR) is 137 cm³/mol. The smallest absolute Gasteiger partial charge is 0.271 e. The molecule has 3 aliphatic rings. The van der Waals surface area contributed by atoms with E-state index in [4.69, 9.17) is 11.6 Å². The van der Waals surface area contributed by atoms with Crippen LogP contribution < -0.4 is 10.9 Å². The zero-order valence-electron chi connectivity index (χ0n) is 19.4. The van der Waals surface area contributed by atoms with Crippen LogP contribution in [0.15, 0.2) is 63.9 Å². The molecular formula is C26H16BrClN4O6. The van der Waals surface area contributed by atoms with Gasteiger partial charge < -0.3 is 5.32 Å². The van der Waals surface area contributed by atoms with E-state index in [0.29, 0.717) is 0 Å². The van der Waals surface area contributed by atoms with Crippen molar-refractivity contribution >= 4 is 57.1 Å². The van der Waals surface area contributed by atoms with E-state index in [2.05, 4.69) is 21.2 Å². The quantitative estimate of drug-likeness (QED) is 0.452. The van der Waals surface area contributed by atoms with Crippen molar-refractivity contribution in [3.8, 4) is 0 Å². The van der Waals surface area contributed by atoms with E-state index >= 15 is 0 Å². The molecule has 0 spiro atoms. The summed E-state index contributed by atoms with van der Waals surface area (Å²) >= 11 is 9.50. The second-order valence-electron chi connectivity index (χ2n) is 9.11. The summed E-state index contributed by atoms with van der Waals surface area (Å²) in [6, 6.07) is 13.9. The third kappa shape index (κ3) is 3.31. The minimum atomic E-state index is -1.69. The van der Waals surface area contributed by atoms with Gasteiger partial charge in [-0.3, -0.25) is 43.1 Å². The van der Waals surface area contributed by atoms with E-state index in [0.717, 1.165) is 14.4 Å². The van der Waals surface area contributed by atoms with E-state index < -0.39 is 47.3 Å². The molecular weight excluding hydrogens is 580 g/mol. The van der Waals surface area contributed by atoms with Crippen LogP contribution in [-0.2, 0) is 5.66 Å². The molecule has 1 unspecified atom stereocenters. The van der Waals surface area contributed by atoms with Gasteiger partial charge in [-0.1, -0.05) is 35.9 Å². The Bertz CT molecular complexity index is 1630. The number of nitrogens with zero attached hydrogens (tertiary/aromatic N) is 3. The van der Waals surface area contributed by atoms with Gasteiger partial charge in [0.1, 0.15) is 11.4 Å². The Morgan fingerprint density at radius 2 is 1.24 bits per heavy atom. The van der Waals surface area contributed by atoms with Gasteiger partial charge in [0.2, 0.25) is 0 Å². The molecule has 3 aromatic rings. The fraction of sp³-hybridized carbons (Fsp3) is 0.154. The summed E-state index contributed by atoms with van der Waals surface area (Å²) in [4.78, 5) is 80.9. The molecule has 5 amide bonds. The van der Waals surface area contributed by atoms with E-state index in [9.17, 15) is 28.8 Å². The summed E-state index contributed by atoms with van der Waals surface area (Å²) in [5, 5.41) is 2.71. The van der Waals surface area contributed by atoms with Gasteiger partial charge >= 0.3 is 0 Å². The van der Waals surface area contributed by atoms with Gasteiger partial charge in [0.15, 0.2) is 0 Å². The molecule has 10 nitrogen and oxygen atoms in total. The maximum absolute atomic E-state index is 13.4. The first-order chi connectivity index (χ1) is 18.1. The maximum atomic E-state index is 13.4. The Morgan fingerprint density at radius 3 is 1.74 bits per heavy atom. The van der Waals surface area contributed by atoms with Crippen molar-refractivity contribution in [3.05, 3.63) is 102 Å². The number of pyridine rings is 1. The Morgan fingerprint density at radius 1 is 0.763 bits per heavy atom. The van der Waals surface area contributed by atoms with E-state index in [1.165, 1.54) is 30.3 Å². The number of imide groups is 2. The molecule has 0 fully saturated rings. The first kappa shape index (κ1) is 24.3. The lowest BCUT2D eigenvalue weighted by Crippen LogP contribution is -2.57. The number of carbonyl (C=O) groups is 5. The molecule has 4 heterocycles. The van der Waals surface area contributed by atoms with Crippen LogP contribution in [-0.4, -0.2) is 57.0 Å². The van der Waals surface area contributed by atoms with Crippen LogP contribution in [0.4, 0.5) is 0 Å². The lowest BCUT2D eigenvalue weighted by atomic mass is 10.0. The number of fused-ring (bicyclic) bond motifs is 3. The summed E-state index contributed by atoms with van der Waals surface area (Å²) in [5.74, 6) is -2.93. The first-order valence-electron chi connectivity index (χ1n) is 11.5. The molecule has 0 bridgehead atoms. The monoisotopic (exact) mass is 594 g/mol. The van der Waals surface area contributed by atoms with Gasteiger partial charge in [0, 0.05) is 13.0 Å². The van der Waals surface area contributed by atoms with Crippen molar-refractivity contribution in [2.24, 2.45) is 0 Å². The minimum Gasteiger partial charge on any atom is -0.326 e. The van der Waals surface area contributed by atoms with Gasteiger partial charge in [0.05, 0.1) is 38.3 Å². The Kier molecular flexibility index (Phi) is 5.41. The third-order valence-electron chi connectivity index (χ3n) is 7.03. The number of halogens is 2. The summed E-state index contributed by atoms with van der Waals surface area (Å²) < 4.78 is 1.15. The minimum absolute atomic E-state index is 0.0288. The molecule has 0 saturated heterocycles. The summed E-state index contributed by atoms with van der Waals surface area (Å²) in [5.41, 5.74) is -1.62. The van der Waals surface area contributed by atoms with Gasteiger partial charge in [-0.25, -0.2) is 0 Å². The second kappa shape index (κ2) is 8.47. The molecule has 0 saturated carbocycles. The van der Waals surface area contributed by atoms with Crippen LogP contribution in [0.25, 0.3) is 0 Å². The van der Waals surface area contributed by atoms with Crippen LogP contribution in [0.5, 0.6) is 0 Å². The highest BCUT2D eigenvalue weighted by Gasteiger charge is 2.50. The molecule has 3 aliphatic heterocycles. The summed E-state index contributed by atoms with van der Waals surface area (Å²) in [7, 11) is 0. The highest BCUT2D eigenvalue weighted by Crippen LogP contribution is 2.35. The van der Waals surface area contributed by atoms with Crippen LogP contribution in [0, 0.1) is 0 Å². The number of hydrogen-bond donors (Lipinski definition) is 1.